The highest BCUT2D eigenvalue weighted by atomic mass is 16.7. The van der Waals surface area contributed by atoms with Gasteiger partial charge in [-0.15, -0.1) is 0 Å². The van der Waals surface area contributed by atoms with Crippen LogP contribution in [-0.2, 0) is 16.1 Å². The van der Waals surface area contributed by atoms with Crippen molar-refractivity contribution in [2.45, 2.75) is 51.7 Å². The molecular weight excluding hydrogens is 446 g/mol. The van der Waals surface area contributed by atoms with E-state index in [0.29, 0.717) is 36.4 Å². The van der Waals surface area contributed by atoms with Gasteiger partial charge in [0.1, 0.15) is 6.04 Å². The quantitative estimate of drug-likeness (QED) is 0.604. The molecule has 8 heteroatoms. The van der Waals surface area contributed by atoms with E-state index in [4.69, 9.17) is 9.47 Å². The highest BCUT2D eigenvalue weighted by Crippen LogP contribution is 2.32. The summed E-state index contributed by atoms with van der Waals surface area (Å²) in [6.07, 6.45) is 1.85. The van der Waals surface area contributed by atoms with Crippen LogP contribution in [0.25, 0.3) is 0 Å². The first kappa shape index (κ1) is 24.7. The number of benzene rings is 2. The monoisotopic (exact) mass is 479 g/mol. The van der Waals surface area contributed by atoms with Crippen LogP contribution in [0.1, 0.15) is 49.0 Å². The van der Waals surface area contributed by atoms with Gasteiger partial charge in [0.05, 0.1) is 12.6 Å². The summed E-state index contributed by atoms with van der Waals surface area (Å²) in [6, 6.07) is 13.7. The molecular formula is C27H33N3O5. The van der Waals surface area contributed by atoms with Crippen molar-refractivity contribution in [3.8, 4) is 11.5 Å². The first-order valence-electron chi connectivity index (χ1n) is 12.2. The van der Waals surface area contributed by atoms with Crippen molar-refractivity contribution in [1.82, 2.24) is 15.5 Å². The van der Waals surface area contributed by atoms with Gasteiger partial charge < -0.3 is 20.1 Å². The number of ketones is 1. The maximum atomic E-state index is 13.2. The maximum Gasteiger partial charge on any atom is 0.252 e. The third kappa shape index (κ3) is 6.60. The van der Waals surface area contributed by atoms with Crippen molar-refractivity contribution in [2.24, 2.45) is 5.92 Å². The molecule has 186 valence electrons. The molecule has 0 bridgehead atoms. The predicted molar refractivity (Wildman–Crippen MR) is 131 cm³/mol. The normalized spacial score (nSPS) is 18.7. The molecule has 2 aromatic carbocycles. The number of Topliss-reactive ketones (excluding diaryl/α,β-unsaturated/α-hetero) is 1. The number of hydrogen-bond donors (Lipinski definition) is 2. The van der Waals surface area contributed by atoms with Crippen molar-refractivity contribution in [1.29, 1.82) is 0 Å². The number of fused-ring (bicyclic) bond motifs is 1. The summed E-state index contributed by atoms with van der Waals surface area (Å²) >= 11 is 0. The third-order valence-corrected chi connectivity index (χ3v) is 6.26. The second-order valence-electron chi connectivity index (χ2n) is 9.59. The number of nitrogens with one attached hydrogen (secondary N) is 2. The predicted octanol–water partition coefficient (Wildman–Crippen LogP) is 2.91. The van der Waals surface area contributed by atoms with Crippen LogP contribution >= 0.6 is 0 Å². The molecule has 1 saturated heterocycles. The zero-order valence-corrected chi connectivity index (χ0v) is 20.3. The lowest BCUT2D eigenvalue weighted by atomic mass is 10.0. The van der Waals surface area contributed by atoms with E-state index < -0.39 is 12.1 Å². The van der Waals surface area contributed by atoms with Gasteiger partial charge in [0, 0.05) is 12.1 Å². The van der Waals surface area contributed by atoms with Crippen molar-refractivity contribution in [3.05, 3.63) is 59.7 Å². The van der Waals surface area contributed by atoms with Crippen LogP contribution in [0.5, 0.6) is 11.5 Å². The van der Waals surface area contributed by atoms with Crippen molar-refractivity contribution >= 4 is 17.6 Å². The Labute approximate surface area is 206 Å². The van der Waals surface area contributed by atoms with E-state index in [-0.39, 0.29) is 36.9 Å². The van der Waals surface area contributed by atoms with Crippen LogP contribution in [0.2, 0.25) is 0 Å². The summed E-state index contributed by atoms with van der Waals surface area (Å²) in [5.41, 5.74) is 1.55. The Morgan fingerprint density at radius 2 is 1.86 bits per heavy atom. The minimum absolute atomic E-state index is 0.00262. The van der Waals surface area contributed by atoms with E-state index in [1.807, 2.05) is 44.2 Å². The SMILES string of the molecule is CC(C)CC(NC(=O)c1ccc2c(c1)OCO2)C(=O)NC1CCCN(Cc2ccccc2)CC1=O. The smallest absolute Gasteiger partial charge is 0.252 e. The van der Waals surface area contributed by atoms with Crippen molar-refractivity contribution in [2.75, 3.05) is 19.9 Å². The molecule has 0 spiro atoms. The standard InChI is InChI=1S/C27H33N3O5/c1-18(2)13-22(29-26(32)20-10-11-24-25(14-20)35-17-34-24)27(33)28-21-9-6-12-30(16-23(21)31)15-19-7-4-3-5-8-19/h3-5,7-8,10-11,14,18,21-22H,6,9,12-13,15-17H2,1-2H3,(H,28,33)(H,29,32). The van der Waals surface area contributed by atoms with Crippen molar-refractivity contribution in [3.63, 3.8) is 0 Å². The van der Waals surface area contributed by atoms with Gasteiger partial charge in [-0.1, -0.05) is 44.2 Å². The topological polar surface area (TPSA) is 97.0 Å². The minimum Gasteiger partial charge on any atom is -0.454 e. The minimum atomic E-state index is -0.746. The zero-order valence-electron chi connectivity index (χ0n) is 20.3. The van der Waals surface area contributed by atoms with Gasteiger partial charge in [-0.25, -0.2) is 0 Å². The number of amides is 2. The molecule has 8 nitrogen and oxygen atoms in total. The molecule has 0 radical (unpaired) electrons. The Bertz CT molecular complexity index is 1060. The van der Waals surface area contributed by atoms with Crippen LogP contribution in [0, 0.1) is 5.92 Å². The van der Waals surface area contributed by atoms with Crippen LogP contribution in [0.3, 0.4) is 0 Å². The molecule has 2 aromatic rings. The number of hydrogen-bond acceptors (Lipinski definition) is 6. The molecule has 4 rings (SSSR count). The number of carbonyl (C=O) groups is 3. The van der Waals surface area contributed by atoms with Crippen LogP contribution in [0.4, 0.5) is 0 Å². The Balaban J connectivity index is 1.37. The molecule has 2 N–H and O–H groups in total. The van der Waals surface area contributed by atoms with E-state index in [9.17, 15) is 14.4 Å². The largest absolute Gasteiger partial charge is 0.454 e. The van der Waals surface area contributed by atoms with Crippen LogP contribution in [-0.4, -0.2) is 54.5 Å². The molecule has 2 aliphatic heterocycles. The Kier molecular flexibility index (Phi) is 8.02. The Hall–Kier alpha value is -3.39. The van der Waals surface area contributed by atoms with E-state index in [1.54, 1.807) is 18.2 Å². The first-order chi connectivity index (χ1) is 16.9. The number of likely N-dealkylation sites (tertiary alicyclic amines) is 1. The van der Waals surface area contributed by atoms with Crippen LogP contribution < -0.4 is 20.1 Å². The fraction of sp³-hybridized carbons (Fsp3) is 0.444. The van der Waals surface area contributed by atoms with Crippen molar-refractivity contribution < 1.29 is 23.9 Å². The third-order valence-electron chi connectivity index (χ3n) is 6.26. The highest BCUT2D eigenvalue weighted by molar-refractivity contribution is 5.99. The average molecular weight is 480 g/mol. The molecule has 1 fully saturated rings. The summed E-state index contributed by atoms with van der Waals surface area (Å²) in [5.74, 6) is 0.567. The molecule has 2 aliphatic rings. The van der Waals surface area contributed by atoms with Gasteiger partial charge in [0.25, 0.3) is 5.91 Å². The van der Waals surface area contributed by atoms with Gasteiger partial charge in [-0.3, -0.25) is 19.3 Å². The number of rotatable bonds is 8. The Morgan fingerprint density at radius 3 is 2.63 bits per heavy atom. The number of carbonyl (C=O) groups excluding carboxylic acids is 3. The highest BCUT2D eigenvalue weighted by Gasteiger charge is 2.30. The summed E-state index contributed by atoms with van der Waals surface area (Å²) in [6.45, 7) is 5.89. The fourth-order valence-electron chi connectivity index (χ4n) is 4.47. The Morgan fingerprint density at radius 1 is 1.09 bits per heavy atom. The summed E-state index contributed by atoms with van der Waals surface area (Å²) < 4.78 is 10.7. The zero-order chi connectivity index (χ0) is 24.8. The molecule has 0 saturated carbocycles. The van der Waals surface area contributed by atoms with Gasteiger partial charge in [-0.05, 0) is 55.5 Å². The van der Waals surface area contributed by atoms with E-state index in [0.717, 1.165) is 18.5 Å². The van der Waals surface area contributed by atoms with Crippen LogP contribution in [0.15, 0.2) is 48.5 Å². The lowest BCUT2D eigenvalue weighted by Crippen LogP contribution is -2.52. The number of nitrogens with zero attached hydrogens (tertiary/aromatic N) is 1. The molecule has 2 amide bonds. The second kappa shape index (κ2) is 11.4. The molecule has 0 aromatic heterocycles. The lowest BCUT2D eigenvalue weighted by Gasteiger charge is -2.23. The first-order valence-corrected chi connectivity index (χ1v) is 12.2. The van der Waals surface area contributed by atoms with Gasteiger partial charge in [0.15, 0.2) is 17.3 Å². The van der Waals surface area contributed by atoms with Gasteiger partial charge in [-0.2, -0.15) is 0 Å². The van der Waals surface area contributed by atoms with Gasteiger partial charge >= 0.3 is 0 Å². The van der Waals surface area contributed by atoms with E-state index in [1.165, 1.54) is 0 Å². The van der Waals surface area contributed by atoms with Gasteiger partial charge in [0.2, 0.25) is 12.7 Å². The molecule has 2 heterocycles. The molecule has 2 atom stereocenters. The molecule has 2 unspecified atom stereocenters. The van der Waals surface area contributed by atoms with E-state index in [2.05, 4.69) is 15.5 Å². The summed E-state index contributed by atoms with van der Waals surface area (Å²) in [7, 11) is 0. The average Bonchev–Trinajstić information content (AvgIpc) is 3.24. The summed E-state index contributed by atoms with van der Waals surface area (Å²) in [4.78, 5) is 41.2. The summed E-state index contributed by atoms with van der Waals surface area (Å²) in [5, 5.41) is 5.77. The second-order valence-corrected chi connectivity index (χ2v) is 9.59. The fourth-order valence-corrected chi connectivity index (χ4v) is 4.47. The molecule has 0 aliphatic carbocycles. The van der Waals surface area contributed by atoms with E-state index >= 15 is 0 Å². The number of ether oxygens (including phenoxy) is 2. The maximum absolute atomic E-state index is 13.2. The molecule has 35 heavy (non-hydrogen) atoms. The lowest BCUT2D eigenvalue weighted by molar-refractivity contribution is -0.129.